The first-order chi connectivity index (χ1) is 8.17. The Labute approximate surface area is 98.9 Å². The van der Waals surface area contributed by atoms with Crippen LogP contribution in [0.3, 0.4) is 0 Å². The van der Waals surface area contributed by atoms with Crippen LogP contribution in [0.4, 0.5) is 0 Å². The summed E-state index contributed by atoms with van der Waals surface area (Å²) in [6, 6.07) is 5.21. The van der Waals surface area contributed by atoms with Gasteiger partial charge in [0.2, 0.25) is 0 Å². The third-order valence-electron chi connectivity index (χ3n) is 2.79. The van der Waals surface area contributed by atoms with E-state index < -0.39 is 0 Å². The standard InChI is InChI=1S/C13H15NO3/c1-3-4-10-12(15)9-6-5-8(17-2)7-11(9)14-13(10)16/h5-7H,3-4H2,1-2H3,(H2,14,15,16). The largest absolute Gasteiger partial charge is 0.507 e. The van der Waals surface area contributed by atoms with Gasteiger partial charge in [0, 0.05) is 11.5 Å². The fourth-order valence-electron chi connectivity index (χ4n) is 1.91. The average molecular weight is 233 g/mol. The molecule has 0 bridgehead atoms. The van der Waals surface area contributed by atoms with Crippen LogP contribution in [0.15, 0.2) is 23.0 Å². The van der Waals surface area contributed by atoms with Gasteiger partial charge < -0.3 is 14.8 Å². The lowest BCUT2D eigenvalue weighted by atomic mass is 10.1. The number of benzene rings is 1. The van der Waals surface area contributed by atoms with Gasteiger partial charge in [0.25, 0.3) is 5.56 Å². The molecule has 0 spiro atoms. The number of pyridine rings is 1. The van der Waals surface area contributed by atoms with Crippen molar-refractivity contribution in [2.45, 2.75) is 19.8 Å². The molecule has 2 aromatic rings. The van der Waals surface area contributed by atoms with Gasteiger partial charge in [-0.2, -0.15) is 0 Å². The Morgan fingerprint density at radius 2 is 2.18 bits per heavy atom. The number of methoxy groups -OCH3 is 1. The molecule has 1 aromatic carbocycles. The second-order valence-electron chi connectivity index (χ2n) is 3.94. The SMILES string of the molecule is CCCc1c(O)c2ccc(OC)cc2[nH]c1=O. The minimum absolute atomic E-state index is 0.0771. The lowest BCUT2D eigenvalue weighted by Gasteiger charge is -2.07. The number of aromatic nitrogens is 1. The van der Waals surface area contributed by atoms with Gasteiger partial charge in [-0.15, -0.1) is 0 Å². The molecule has 1 heterocycles. The number of rotatable bonds is 3. The molecular weight excluding hydrogens is 218 g/mol. The Morgan fingerprint density at radius 3 is 2.82 bits per heavy atom. The molecule has 0 amide bonds. The summed E-state index contributed by atoms with van der Waals surface area (Å²) < 4.78 is 5.08. The third kappa shape index (κ3) is 1.98. The number of ether oxygens (including phenoxy) is 1. The quantitative estimate of drug-likeness (QED) is 0.854. The average Bonchev–Trinajstić information content (AvgIpc) is 2.33. The molecule has 0 saturated heterocycles. The molecule has 0 atom stereocenters. The van der Waals surface area contributed by atoms with Crippen LogP contribution in [0.5, 0.6) is 11.5 Å². The van der Waals surface area contributed by atoms with Gasteiger partial charge in [-0.25, -0.2) is 0 Å². The van der Waals surface area contributed by atoms with Crippen LogP contribution in [0, 0.1) is 0 Å². The summed E-state index contributed by atoms with van der Waals surface area (Å²) in [5.41, 5.74) is 0.807. The summed E-state index contributed by atoms with van der Waals surface area (Å²) in [7, 11) is 1.56. The van der Waals surface area contributed by atoms with Crippen molar-refractivity contribution in [1.82, 2.24) is 4.98 Å². The van der Waals surface area contributed by atoms with Crippen LogP contribution in [0.1, 0.15) is 18.9 Å². The Balaban J connectivity index is 2.72. The zero-order valence-corrected chi connectivity index (χ0v) is 9.91. The van der Waals surface area contributed by atoms with Crippen molar-refractivity contribution in [3.63, 3.8) is 0 Å². The van der Waals surface area contributed by atoms with Crippen LogP contribution in [-0.2, 0) is 6.42 Å². The number of H-pyrrole nitrogens is 1. The van der Waals surface area contributed by atoms with E-state index in [1.54, 1.807) is 25.3 Å². The fourth-order valence-corrected chi connectivity index (χ4v) is 1.91. The van der Waals surface area contributed by atoms with E-state index in [0.29, 0.717) is 28.6 Å². The van der Waals surface area contributed by atoms with Crippen molar-refractivity contribution in [2.24, 2.45) is 0 Å². The lowest BCUT2D eigenvalue weighted by molar-refractivity contribution is 0.415. The second kappa shape index (κ2) is 4.49. The number of nitrogens with one attached hydrogen (secondary N) is 1. The van der Waals surface area contributed by atoms with Gasteiger partial charge in [0.1, 0.15) is 11.5 Å². The summed E-state index contributed by atoms with van der Waals surface area (Å²) in [5, 5.41) is 10.7. The molecule has 0 radical (unpaired) electrons. The molecular formula is C13H15NO3. The van der Waals surface area contributed by atoms with Crippen LogP contribution in [-0.4, -0.2) is 17.2 Å². The molecule has 4 nitrogen and oxygen atoms in total. The summed E-state index contributed by atoms with van der Waals surface area (Å²) in [6.07, 6.45) is 1.39. The van der Waals surface area contributed by atoms with E-state index in [9.17, 15) is 9.90 Å². The number of hydrogen-bond acceptors (Lipinski definition) is 3. The highest BCUT2D eigenvalue weighted by molar-refractivity contribution is 5.86. The van der Waals surface area contributed by atoms with Gasteiger partial charge in [0.15, 0.2) is 0 Å². The zero-order chi connectivity index (χ0) is 12.4. The highest BCUT2D eigenvalue weighted by Crippen LogP contribution is 2.28. The zero-order valence-electron chi connectivity index (χ0n) is 9.91. The predicted octanol–water partition coefficient (Wildman–Crippen LogP) is 2.19. The van der Waals surface area contributed by atoms with Crippen LogP contribution >= 0.6 is 0 Å². The summed E-state index contributed by atoms with van der Waals surface area (Å²) >= 11 is 0. The van der Waals surface area contributed by atoms with E-state index in [4.69, 9.17) is 4.74 Å². The van der Waals surface area contributed by atoms with Gasteiger partial charge in [-0.3, -0.25) is 4.79 Å². The van der Waals surface area contributed by atoms with Crippen LogP contribution in [0.2, 0.25) is 0 Å². The first-order valence-corrected chi connectivity index (χ1v) is 5.59. The normalized spacial score (nSPS) is 10.7. The molecule has 0 unspecified atom stereocenters. The number of aromatic hydroxyl groups is 1. The first kappa shape index (κ1) is 11.5. The number of aromatic amines is 1. The van der Waals surface area contributed by atoms with Crippen LogP contribution in [0.25, 0.3) is 10.9 Å². The molecule has 0 aliphatic rings. The van der Waals surface area contributed by atoms with Crippen molar-refractivity contribution in [2.75, 3.05) is 7.11 Å². The molecule has 17 heavy (non-hydrogen) atoms. The monoisotopic (exact) mass is 233 g/mol. The van der Waals surface area contributed by atoms with Crippen molar-refractivity contribution >= 4 is 10.9 Å². The first-order valence-electron chi connectivity index (χ1n) is 5.59. The van der Waals surface area contributed by atoms with Gasteiger partial charge in [-0.1, -0.05) is 13.3 Å². The summed E-state index contributed by atoms with van der Waals surface area (Å²) in [5.74, 6) is 0.726. The molecule has 0 saturated carbocycles. The molecule has 4 heteroatoms. The van der Waals surface area contributed by atoms with E-state index in [1.165, 1.54) is 0 Å². The highest BCUT2D eigenvalue weighted by Gasteiger charge is 2.11. The van der Waals surface area contributed by atoms with E-state index in [-0.39, 0.29) is 11.3 Å². The summed E-state index contributed by atoms with van der Waals surface area (Å²) in [6.45, 7) is 1.97. The predicted molar refractivity (Wildman–Crippen MR) is 66.8 cm³/mol. The van der Waals surface area contributed by atoms with E-state index in [1.807, 2.05) is 6.92 Å². The minimum atomic E-state index is -0.231. The van der Waals surface area contributed by atoms with Crippen molar-refractivity contribution in [1.29, 1.82) is 0 Å². The molecule has 2 rings (SSSR count). The Kier molecular flexibility index (Phi) is 3.04. The van der Waals surface area contributed by atoms with Crippen molar-refractivity contribution < 1.29 is 9.84 Å². The molecule has 1 aromatic heterocycles. The fraction of sp³-hybridized carbons (Fsp3) is 0.308. The third-order valence-corrected chi connectivity index (χ3v) is 2.79. The Hall–Kier alpha value is -1.97. The number of hydrogen-bond donors (Lipinski definition) is 2. The lowest BCUT2D eigenvalue weighted by Crippen LogP contribution is -2.12. The maximum Gasteiger partial charge on any atom is 0.255 e. The second-order valence-corrected chi connectivity index (χ2v) is 3.94. The molecule has 0 fully saturated rings. The molecule has 2 N–H and O–H groups in total. The molecule has 0 aliphatic carbocycles. The van der Waals surface area contributed by atoms with E-state index in [0.717, 1.165) is 6.42 Å². The van der Waals surface area contributed by atoms with Crippen LogP contribution < -0.4 is 10.3 Å². The van der Waals surface area contributed by atoms with E-state index in [2.05, 4.69) is 4.98 Å². The van der Waals surface area contributed by atoms with Crippen molar-refractivity contribution in [3.05, 3.63) is 34.1 Å². The van der Waals surface area contributed by atoms with Crippen molar-refractivity contribution in [3.8, 4) is 11.5 Å². The topological polar surface area (TPSA) is 62.3 Å². The maximum absolute atomic E-state index is 11.8. The smallest absolute Gasteiger partial charge is 0.255 e. The van der Waals surface area contributed by atoms with Gasteiger partial charge in [-0.05, 0) is 18.6 Å². The van der Waals surface area contributed by atoms with Gasteiger partial charge >= 0.3 is 0 Å². The number of fused-ring (bicyclic) bond motifs is 1. The molecule has 90 valence electrons. The minimum Gasteiger partial charge on any atom is -0.507 e. The Bertz CT molecular complexity index is 601. The Morgan fingerprint density at radius 1 is 1.41 bits per heavy atom. The molecule has 0 aliphatic heterocycles. The highest BCUT2D eigenvalue weighted by atomic mass is 16.5. The van der Waals surface area contributed by atoms with E-state index >= 15 is 0 Å². The summed E-state index contributed by atoms with van der Waals surface area (Å²) in [4.78, 5) is 14.6. The van der Waals surface area contributed by atoms with Gasteiger partial charge in [0.05, 0.1) is 18.2 Å². The maximum atomic E-state index is 11.8.